The predicted molar refractivity (Wildman–Crippen MR) is 83.6 cm³/mol. The molecule has 3 rings (SSSR count). The van der Waals surface area contributed by atoms with Gasteiger partial charge in [-0.15, -0.1) is 0 Å². The fourth-order valence-corrected chi connectivity index (χ4v) is 3.83. The number of likely N-dealkylation sites (tertiary alicyclic amines) is 1. The first-order chi connectivity index (χ1) is 9.58. The van der Waals surface area contributed by atoms with Gasteiger partial charge in [0.15, 0.2) is 0 Å². The highest BCUT2D eigenvalue weighted by Crippen LogP contribution is 2.41. The lowest BCUT2D eigenvalue weighted by Crippen LogP contribution is -2.43. The number of carbonyl (C=O) groups is 1. The van der Waals surface area contributed by atoms with Gasteiger partial charge in [0.2, 0.25) is 5.91 Å². The molecule has 0 spiro atoms. The van der Waals surface area contributed by atoms with Crippen LogP contribution in [0.2, 0.25) is 5.02 Å². The molecule has 2 unspecified atom stereocenters. The van der Waals surface area contributed by atoms with Gasteiger partial charge in [-0.1, -0.05) is 33.6 Å². The molecule has 1 heterocycles. The molecule has 1 aliphatic carbocycles. The zero-order chi connectivity index (χ0) is 14.3. The number of halogens is 2. The molecule has 3 nitrogen and oxygen atoms in total. The van der Waals surface area contributed by atoms with E-state index in [0.29, 0.717) is 17.5 Å². The van der Waals surface area contributed by atoms with Crippen molar-refractivity contribution < 1.29 is 4.79 Å². The van der Waals surface area contributed by atoms with E-state index in [2.05, 4.69) is 15.9 Å². The molecule has 1 aliphatic heterocycles. The smallest absolute Gasteiger partial charge is 0.223 e. The Hall–Kier alpha value is -0.580. The van der Waals surface area contributed by atoms with Crippen molar-refractivity contribution in [1.29, 1.82) is 0 Å². The molecule has 0 aromatic heterocycles. The lowest BCUT2D eigenvalue weighted by molar-refractivity contribution is -0.133. The third-order valence-corrected chi connectivity index (χ3v) is 4.96. The van der Waals surface area contributed by atoms with E-state index in [-0.39, 0.29) is 18.0 Å². The van der Waals surface area contributed by atoms with Gasteiger partial charge in [0.25, 0.3) is 0 Å². The van der Waals surface area contributed by atoms with Crippen LogP contribution >= 0.6 is 27.5 Å². The Kier molecular flexibility index (Phi) is 4.07. The second-order valence-electron chi connectivity index (χ2n) is 5.70. The summed E-state index contributed by atoms with van der Waals surface area (Å²) in [5.41, 5.74) is 7.35. The van der Waals surface area contributed by atoms with Gasteiger partial charge in [-0.25, -0.2) is 0 Å². The van der Waals surface area contributed by atoms with Crippen molar-refractivity contribution in [3.8, 4) is 0 Å². The predicted octanol–water partition coefficient (Wildman–Crippen LogP) is 3.65. The number of hydrogen-bond acceptors (Lipinski definition) is 2. The summed E-state index contributed by atoms with van der Waals surface area (Å²) in [6.07, 6.45) is 4.51. The fraction of sp³-hybridized carbons (Fsp3) is 0.533. The van der Waals surface area contributed by atoms with Crippen LogP contribution < -0.4 is 5.73 Å². The van der Waals surface area contributed by atoms with Crippen LogP contribution in [0.1, 0.15) is 43.7 Å². The van der Waals surface area contributed by atoms with Crippen molar-refractivity contribution in [3.63, 3.8) is 0 Å². The Morgan fingerprint density at radius 1 is 1.30 bits per heavy atom. The molecule has 2 atom stereocenters. The van der Waals surface area contributed by atoms with Crippen LogP contribution in [0.25, 0.3) is 0 Å². The van der Waals surface area contributed by atoms with Gasteiger partial charge >= 0.3 is 0 Å². The SMILES string of the molecule is NC1CCCC(=O)N(C2CC2)C1c1ccc(Br)cc1Cl. The first-order valence-corrected chi connectivity index (χ1v) is 8.26. The van der Waals surface area contributed by atoms with Gasteiger partial charge in [-0.3, -0.25) is 4.79 Å². The quantitative estimate of drug-likeness (QED) is 0.878. The first-order valence-electron chi connectivity index (χ1n) is 7.09. The maximum absolute atomic E-state index is 12.4. The average Bonchev–Trinajstić information content (AvgIpc) is 3.20. The van der Waals surface area contributed by atoms with Crippen molar-refractivity contribution in [1.82, 2.24) is 4.90 Å². The van der Waals surface area contributed by atoms with Gasteiger partial charge < -0.3 is 10.6 Å². The Balaban J connectivity index is 2.02. The maximum atomic E-state index is 12.4. The number of rotatable bonds is 2. The highest BCUT2D eigenvalue weighted by molar-refractivity contribution is 9.10. The van der Waals surface area contributed by atoms with Crippen LogP contribution in [0.5, 0.6) is 0 Å². The number of carbonyl (C=O) groups excluding carboxylic acids is 1. The van der Waals surface area contributed by atoms with Crippen LogP contribution in [0.4, 0.5) is 0 Å². The summed E-state index contributed by atoms with van der Waals surface area (Å²) in [6.45, 7) is 0. The monoisotopic (exact) mass is 356 g/mol. The first kappa shape index (κ1) is 14.4. The van der Waals surface area contributed by atoms with E-state index in [1.807, 2.05) is 23.1 Å². The lowest BCUT2D eigenvalue weighted by Gasteiger charge is -2.34. The van der Waals surface area contributed by atoms with Crippen LogP contribution in [0.15, 0.2) is 22.7 Å². The Morgan fingerprint density at radius 2 is 2.05 bits per heavy atom. The molecule has 0 radical (unpaired) electrons. The summed E-state index contributed by atoms with van der Waals surface area (Å²) < 4.78 is 0.942. The zero-order valence-electron chi connectivity index (χ0n) is 11.2. The summed E-state index contributed by atoms with van der Waals surface area (Å²) in [6, 6.07) is 6.07. The number of nitrogens with zero attached hydrogens (tertiary/aromatic N) is 1. The fourth-order valence-electron chi connectivity index (χ4n) is 3.04. The van der Waals surface area contributed by atoms with Crippen LogP contribution in [0, 0.1) is 0 Å². The van der Waals surface area contributed by atoms with E-state index in [9.17, 15) is 4.79 Å². The normalized spacial score (nSPS) is 27.6. The molecule has 2 aliphatic rings. The molecule has 108 valence electrons. The Bertz CT molecular complexity index is 533. The summed E-state index contributed by atoms with van der Waals surface area (Å²) in [4.78, 5) is 14.4. The minimum Gasteiger partial charge on any atom is -0.331 e. The largest absolute Gasteiger partial charge is 0.331 e. The van der Waals surface area contributed by atoms with Gasteiger partial charge in [-0.05, 0) is 43.4 Å². The molecule has 2 fully saturated rings. The highest BCUT2D eigenvalue weighted by Gasteiger charge is 2.42. The topological polar surface area (TPSA) is 46.3 Å². The Morgan fingerprint density at radius 3 is 2.70 bits per heavy atom. The van der Waals surface area contributed by atoms with Gasteiger partial charge in [0.05, 0.1) is 6.04 Å². The zero-order valence-corrected chi connectivity index (χ0v) is 13.5. The summed E-state index contributed by atoms with van der Waals surface area (Å²) in [5, 5.41) is 0.681. The molecule has 2 N–H and O–H groups in total. The third-order valence-electron chi connectivity index (χ3n) is 4.14. The van der Waals surface area contributed by atoms with Crippen molar-refractivity contribution in [2.45, 2.75) is 50.2 Å². The molecule has 1 amide bonds. The summed E-state index contributed by atoms with van der Waals surface area (Å²) in [5.74, 6) is 0.226. The molecular formula is C15H18BrClN2O. The van der Waals surface area contributed by atoms with Crippen molar-refractivity contribution in [2.75, 3.05) is 0 Å². The van der Waals surface area contributed by atoms with E-state index in [1.54, 1.807) is 0 Å². The molecule has 1 saturated heterocycles. The molecule has 1 saturated carbocycles. The number of amides is 1. The van der Waals surface area contributed by atoms with E-state index < -0.39 is 0 Å². The highest BCUT2D eigenvalue weighted by atomic mass is 79.9. The minimum absolute atomic E-state index is 0.0410. The molecular weight excluding hydrogens is 340 g/mol. The van der Waals surface area contributed by atoms with Crippen molar-refractivity contribution >= 4 is 33.4 Å². The number of nitrogens with two attached hydrogens (primary N) is 1. The third kappa shape index (κ3) is 2.74. The molecule has 1 aromatic carbocycles. The molecule has 20 heavy (non-hydrogen) atoms. The second-order valence-corrected chi connectivity index (χ2v) is 7.02. The maximum Gasteiger partial charge on any atom is 0.223 e. The van der Waals surface area contributed by atoms with Crippen LogP contribution in [-0.2, 0) is 4.79 Å². The van der Waals surface area contributed by atoms with E-state index in [0.717, 1.165) is 35.7 Å². The molecule has 5 heteroatoms. The van der Waals surface area contributed by atoms with E-state index >= 15 is 0 Å². The summed E-state index contributed by atoms with van der Waals surface area (Å²) >= 11 is 9.82. The Labute approximate surface area is 132 Å². The standard InChI is InChI=1S/C15H18BrClN2O/c16-9-4-7-11(12(17)8-9)15-13(18)2-1-3-14(20)19(15)10-5-6-10/h4,7-8,10,13,15H,1-3,5-6,18H2. The van der Waals surface area contributed by atoms with Crippen LogP contribution in [0.3, 0.4) is 0 Å². The second kappa shape index (κ2) is 5.66. The lowest BCUT2D eigenvalue weighted by atomic mass is 9.96. The molecule has 1 aromatic rings. The average molecular weight is 358 g/mol. The van der Waals surface area contributed by atoms with Crippen molar-refractivity contribution in [2.24, 2.45) is 5.73 Å². The molecule has 0 bridgehead atoms. The number of benzene rings is 1. The van der Waals surface area contributed by atoms with Gasteiger partial charge in [0.1, 0.15) is 0 Å². The van der Waals surface area contributed by atoms with Gasteiger partial charge in [-0.2, -0.15) is 0 Å². The van der Waals surface area contributed by atoms with Crippen molar-refractivity contribution in [3.05, 3.63) is 33.3 Å². The summed E-state index contributed by atoms with van der Waals surface area (Å²) in [7, 11) is 0. The minimum atomic E-state index is -0.0851. The van der Waals surface area contributed by atoms with Crippen LogP contribution in [-0.4, -0.2) is 22.9 Å². The number of hydrogen-bond donors (Lipinski definition) is 1. The van der Waals surface area contributed by atoms with Gasteiger partial charge in [0, 0.05) is 28.0 Å². The van der Waals surface area contributed by atoms with E-state index in [4.69, 9.17) is 17.3 Å². The van der Waals surface area contributed by atoms with E-state index in [1.165, 1.54) is 0 Å².